The summed E-state index contributed by atoms with van der Waals surface area (Å²) < 4.78 is 61.2. The Bertz CT molecular complexity index is 2310. The van der Waals surface area contributed by atoms with Gasteiger partial charge in [0.15, 0.2) is 31.5 Å². The molecule has 27 heteroatoms. The number of fused-ring (bicyclic) bond motifs is 7. The van der Waals surface area contributed by atoms with Crippen LogP contribution in [0.5, 0.6) is 0 Å². The Hall–Kier alpha value is -1.34. The minimum Gasteiger partial charge on any atom is -0.396 e. The van der Waals surface area contributed by atoms with Gasteiger partial charge < -0.3 is 134 Å². The first kappa shape index (κ1) is 66.6. The van der Waals surface area contributed by atoms with Gasteiger partial charge in [-0.1, -0.05) is 60.1 Å². The maximum Gasteiger partial charge on any atom is 0.187 e. The summed E-state index contributed by atoms with van der Waals surface area (Å²) in [6, 6.07) is 0. The summed E-state index contributed by atoms with van der Waals surface area (Å²) in [7, 11) is 0. The standard InChI is InChI=1S/C58H96O27/c1-53(2)14-24-23-8-9-31-55(5)12-11-33(54(3,4)30(55)10-13-56(31,6)57(23,7)15-32(64)58(24,22-62)34(16-53)83-49-44(74)40(70)36(66)26(17-59)78-49)82-51-46(85-50-45(75)41(71)37(67)27(18-60)79-50)39(69)29(21-77-51)81-52-47(42(72)38(68)28(19-61)80-52)84-48-43(73)35(65)25(63)20-76-48/h8,24-52,59-75H,9-22H2,1-7H3/t24?,25-,26-,27-,28-,29+,30?,31?,32-,33+,34+,35+,36-,37-,38-,39+,40+,41+,42+,43-,44-,45-,46-,47-,48+,49+,50+,51+,52+,55+,56-,57-,58+/m1/s1. The van der Waals surface area contributed by atoms with E-state index in [4.69, 9.17) is 47.4 Å². The van der Waals surface area contributed by atoms with Crippen LogP contribution in [0.1, 0.15) is 99.8 Å². The van der Waals surface area contributed by atoms with Crippen LogP contribution in [0.25, 0.3) is 0 Å². The number of hydrogen-bond donors (Lipinski definition) is 17. The van der Waals surface area contributed by atoms with E-state index in [0.29, 0.717) is 32.1 Å². The third-order valence-corrected chi connectivity index (χ3v) is 22.9. The molecule has 10 aliphatic rings. The van der Waals surface area contributed by atoms with Crippen molar-refractivity contribution in [1.82, 2.24) is 0 Å². The molecule has 0 aromatic heterocycles. The number of hydrogen-bond acceptors (Lipinski definition) is 27. The van der Waals surface area contributed by atoms with E-state index in [1.165, 1.54) is 0 Å². The van der Waals surface area contributed by atoms with Crippen molar-refractivity contribution in [3.05, 3.63) is 11.6 Å². The summed E-state index contributed by atoms with van der Waals surface area (Å²) in [4.78, 5) is 0. The molecule has 0 spiro atoms. The minimum atomic E-state index is -1.93. The lowest BCUT2D eigenvalue weighted by Gasteiger charge is -2.72. The molecule has 17 N–H and O–H groups in total. The van der Waals surface area contributed by atoms with Crippen molar-refractivity contribution in [3.8, 4) is 0 Å². The third kappa shape index (κ3) is 11.0. The molecule has 5 saturated heterocycles. The molecule has 3 unspecified atom stereocenters. The van der Waals surface area contributed by atoms with Gasteiger partial charge in [-0.3, -0.25) is 0 Å². The second-order valence-electron chi connectivity index (χ2n) is 28.4. The number of rotatable bonds is 14. The summed E-state index contributed by atoms with van der Waals surface area (Å²) in [5.41, 5.74) is -2.41. The van der Waals surface area contributed by atoms with E-state index >= 15 is 0 Å². The summed E-state index contributed by atoms with van der Waals surface area (Å²) in [5, 5.41) is 186. The van der Waals surface area contributed by atoms with Gasteiger partial charge in [0.05, 0.1) is 63.4 Å². The van der Waals surface area contributed by atoms with Crippen LogP contribution in [0.15, 0.2) is 11.6 Å². The van der Waals surface area contributed by atoms with Crippen molar-refractivity contribution in [1.29, 1.82) is 0 Å². The smallest absolute Gasteiger partial charge is 0.187 e. The van der Waals surface area contributed by atoms with Gasteiger partial charge in [-0.15, -0.1) is 0 Å². The highest BCUT2D eigenvalue weighted by atomic mass is 16.8. The van der Waals surface area contributed by atoms with E-state index in [0.717, 1.165) is 18.4 Å². The first-order valence-corrected chi connectivity index (χ1v) is 30.3. The Labute approximate surface area is 493 Å². The third-order valence-electron chi connectivity index (χ3n) is 22.9. The Morgan fingerprint density at radius 3 is 1.61 bits per heavy atom. The molecule has 0 aromatic rings. The summed E-state index contributed by atoms with van der Waals surface area (Å²) in [6.07, 6.45) is -33.9. The van der Waals surface area contributed by atoms with Crippen LogP contribution in [0.4, 0.5) is 0 Å². The molecule has 0 radical (unpaired) electrons. The van der Waals surface area contributed by atoms with Crippen molar-refractivity contribution >= 4 is 0 Å². The average Bonchev–Trinajstić information content (AvgIpc) is 0.734. The normalized spacial score (nSPS) is 55.1. The second kappa shape index (κ2) is 24.6. The van der Waals surface area contributed by atoms with E-state index in [2.05, 4.69) is 54.5 Å². The van der Waals surface area contributed by atoms with Gasteiger partial charge in [-0.05, 0) is 96.2 Å². The van der Waals surface area contributed by atoms with Crippen LogP contribution >= 0.6 is 0 Å². The summed E-state index contributed by atoms with van der Waals surface area (Å²) in [6.45, 7) is 11.7. The Morgan fingerprint density at radius 1 is 0.482 bits per heavy atom. The molecule has 85 heavy (non-hydrogen) atoms. The molecule has 490 valence electrons. The molecule has 5 aliphatic heterocycles. The summed E-state index contributed by atoms with van der Waals surface area (Å²) >= 11 is 0. The molecule has 0 bridgehead atoms. The zero-order chi connectivity index (χ0) is 62.0. The van der Waals surface area contributed by atoms with Crippen LogP contribution in [0.3, 0.4) is 0 Å². The quantitative estimate of drug-likeness (QED) is 0.0576. The van der Waals surface area contributed by atoms with Crippen LogP contribution in [0.2, 0.25) is 0 Å². The van der Waals surface area contributed by atoms with E-state index in [1.54, 1.807) is 0 Å². The number of allylic oxidation sites excluding steroid dienone is 2. The van der Waals surface area contributed by atoms with E-state index < -0.39 is 221 Å². The fourth-order valence-corrected chi connectivity index (χ4v) is 17.8. The molecular formula is C58H96O27. The zero-order valence-corrected chi connectivity index (χ0v) is 49.4. The number of aliphatic hydroxyl groups is 17. The largest absolute Gasteiger partial charge is 0.396 e. The lowest BCUT2D eigenvalue weighted by atomic mass is 9.33. The predicted octanol–water partition coefficient (Wildman–Crippen LogP) is -4.52. The van der Waals surface area contributed by atoms with Crippen molar-refractivity contribution < 1.29 is 134 Å². The maximum absolute atomic E-state index is 12.8. The molecule has 0 amide bonds. The van der Waals surface area contributed by atoms with Crippen molar-refractivity contribution in [2.45, 2.75) is 259 Å². The van der Waals surface area contributed by atoms with Crippen molar-refractivity contribution in [3.63, 3.8) is 0 Å². The molecule has 4 saturated carbocycles. The van der Waals surface area contributed by atoms with Crippen LogP contribution in [-0.4, -0.2) is 286 Å². The number of aliphatic hydroxyl groups excluding tert-OH is 17. The molecule has 33 atom stereocenters. The average molecular weight is 1230 g/mol. The minimum absolute atomic E-state index is 0.0115. The van der Waals surface area contributed by atoms with Crippen LogP contribution < -0.4 is 0 Å². The van der Waals surface area contributed by atoms with Gasteiger partial charge in [-0.2, -0.15) is 0 Å². The van der Waals surface area contributed by atoms with Crippen LogP contribution in [0, 0.1) is 50.2 Å². The topological polar surface area (TPSA) is 436 Å². The lowest BCUT2D eigenvalue weighted by Crippen LogP contribution is -2.70. The van der Waals surface area contributed by atoms with Gasteiger partial charge in [-0.25, -0.2) is 0 Å². The molecular weight excluding hydrogens is 1130 g/mol. The highest BCUT2D eigenvalue weighted by Gasteiger charge is 2.72. The highest BCUT2D eigenvalue weighted by Crippen LogP contribution is 2.76. The second-order valence-corrected chi connectivity index (χ2v) is 28.4. The van der Waals surface area contributed by atoms with E-state index in [-0.39, 0.29) is 35.0 Å². The summed E-state index contributed by atoms with van der Waals surface area (Å²) in [5.74, 6) is -0.283. The number of ether oxygens (including phenoxy) is 10. The van der Waals surface area contributed by atoms with Gasteiger partial charge in [0.2, 0.25) is 0 Å². The maximum atomic E-state index is 12.8. The first-order valence-electron chi connectivity index (χ1n) is 30.3. The fourth-order valence-electron chi connectivity index (χ4n) is 17.8. The van der Waals surface area contributed by atoms with E-state index in [1.807, 2.05) is 0 Å². The Morgan fingerprint density at radius 2 is 1.01 bits per heavy atom. The zero-order valence-electron chi connectivity index (χ0n) is 49.4. The molecule has 5 heterocycles. The van der Waals surface area contributed by atoms with Crippen molar-refractivity contribution in [2.24, 2.45) is 50.2 Å². The van der Waals surface area contributed by atoms with Gasteiger partial charge in [0.1, 0.15) is 110 Å². The van der Waals surface area contributed by atoms with Crippen LogP contribution in [-0.2, 0) is 47.4 Å². The SMILES string of the molecule is CC1(C)CC2C3=CCC4[C@@]5(C)CC[C@H](O[C@@H]6OC[C@H](O[C@@H]7O[C@H](CO)[C@@H](O)[C@H](O)[C@H]7O[C@@H]7OC[C@@H](O)[C@H](O)[C@H]7O)[C@H](O)[C@H]6O[C@@H]6O[C@H](CO)[C@@H](O)[C@H](O)[C@H]6O)C(C)(C)C5CC[C@@]4(C)[C@]3(C)C[C@@H](O)[C@@]2(CO)[C@@H](O[C@@H]2O[C@H](CO)[C@@H](O)[C@H](O)[C@H]2O)C1. The molecule has 9 fully saturated rings. The molecule has 10 rings (SSSR count). The van der Waals surface area contributed by atoms with Gasteiger partial charge in [0.25, 0.3) is 0 Å². The first-order chi connectivity index (χ1) is 39.9. The molecule has 0 aromatic carbocycles. The Balaban J connectivity index is 0.903. The molecule has 5 aliphatic carbocycles. The van der Waals surface area contributed by atoms with Crippen molar-refractivity contribution in [2.75, 3.05) is 39.6 Å². The highest BCUT2D eigenvalue weighted by molar-refractivity contribution is 5.36. The van der Waals surface area contributed by atoms with Gasteiger partial charge in [0, 0.05) is 0 Å². The predicted molar refractivity (Wildman–Crippen MR) is 286 cm³/mol. The molecule has 27 nitrogen and oxygen atoms in total. The van der Waals surface area contributed by atoms with E-state index in [9.17, 15) is 86.8 Å². The Kier molecular flexibility index (Phi) is 19.3. The fraction of sp³-hybridized carbons (Fsp3) is 0.966. The van der Waals surface area contributed by atoms with Gasteiger partial charge >= 0.3 is 0 Å². The lowest BCUT2D eigenvalue weighted by molar-refractivity contribution is -0.392. The monoisotopic (exact) mass is 1220 g/mol.